The van der Waals surface area contributed by atoms with E-state index < -0.39 is 6.04 Å². The molecular weight excluding hydrogens is 400 g/mol. The highest BCUT2D eigenvalue weighted by Gasteiger charge is 2.21. The topological polar surface area (TPSA) is 67.4 Å². The Hall–Kier alpha value is -3.31. The number of methoxy groups -OCH3 is 1. The molecule has 3 aromatic rings. The number of ether oxygens (including phenoxy) is 1. The second-order valence-corrected chi connectivity index (χ2v) is 7.28. The number of halogens is 1. The zero-order chi connectivity index (χ0) is 21.5. The molecule has 0 radical (unpaired) electrons. The van der Waals surface area contributed by atoms with Gasteiger partial charge in [-0.15, -0.1) is 0 Å². The van der Waals surface area contributed by atoms with E-state index in [4.69, 9.17) is 16.3 Å². The Morgan fingerprint density at radius 3 is 2.40 bits per heavy atom. The Labute approximate surface area is 181 Å². The van der Waals surface area contributed by atoms with Crippen LogP contribution in [0.1, 0.15) is 33.9 Å². The van der Waals surface area contributed by atoms with Crippen LogP contribution in [0.15, 0.2) is 72.8 Å². The second kappa shape index (κ2) is 9.94. The number of hydrogen-bond donors (Lipinski definition) is 2. The van der Waals surface area contributed by atoms with E-state index in [1.165, 1.54) is 0 Å². The van der Waals surface area contributed by atoms with E-state index in [-0.39, 0.29) is 18.2 Å². The third-order valence-corrected chi connectivity index (χ3v) is 4.97. The molecule has 0 aliphatic rings. The molecule has 2 N–H and O–H groups in total. The Morgan fingerprint density at radius 1 is 1.00 bits per heavy atom. The van der Waals surface area contributed by atoms with Crippen LogP contribution < -0.4 is 15.4 Å². The summed E-state index contributed by atoms with van der Waals surface area (Å²) in [6.07, 6.45) is 0.0529. The van der Waals surface area contributed by atoms with E-state index in [9.17, 15) is 9.59 Å². The molecule has 0 heterocycles. The van der Waals surface area contributed by atoms with E-state index in [1.807, 2.05) is 49.4 Å². The van der Waals surface area contributed by atoms with Crippen LogP contribution in [-0.4, -0.2) is 18.9 Å². The van der Waals surface area contributed by atoms with Gasteiger partial charge in [-0.1, -0.05) is 60.1 Å². The first-order valence-corrected chi connectivity index (χ1v) is 9.90. The van der Waals surface area contributed by atoms with E-state index in [0.717, 1.165) is 11.1 Å². The van der Waals surface area contributed by atoms with Gasteiger partial charge in [0.2, 0.25) is 5.91 Å². The molecule has 3 aromatic carbocycles. The fraction of sp³-hybridized carbons (Fsp3) is 0.167. The first-order chi connectivity index (χ1) is 14.5. The van der Waals surface area contributed by atoms with Crippen LogP contribution in [0.25, 0.3) is 0 Å². The van der Waals surface area contributed by atoms with Gasteiger partial charge in [-0.25, -0.2) is 0 Å². The number of aryl methyl sites for hydroxylation is 1. The predicted octanol–water partition coefficient (Wildman–Crippen LogP) is 5.16. The van der Waals surface area contributed by atoms with Crippen LogP contribution in [0, 0.1) is 6.92 Å². The van der Waals surface area contributed by atoms with Crippen molar-refractivity contribution in [3.05, 3.63) is 94.5 Å². The minimum Gasteiger partial charge on any atom is -0.495 e. The van der Waals surface area contributed by atoms with Gasteiger partial charge in [-0.2, -0.15) is 0 Å². The molecule has 154 valence electrons. The van der Waals surface area contributed by atoms with Crippen LogP contribution in [0.4, 0.5) is 5.69 Å². The molecule has 0 spiro atoms. The second-order valence-electron chi connectivity index (χ2n) is 6.87. The van der Waals surface area contributed by atoms with Gasteiger partial charge in [0.05, 0.1) is 35.8 Å². The maximum atomic E-state index is 12.8. The monoisotopic (exact) mass is 422 g/mol. The van der Waals surface area contributed by atoms with Crippen molar-refractivity contribution in [1.82, 2.24) is 5.32 Å². The fourth-order valence-electron chi connectivity index (χ4n) is 3.13. The summed E-state index contributed by atoms with van der Waals surface area (Å²) in [6.45, 7) is 1.94. The molecule has 0 fully saturated rings. The smallest absolute Gasteiger partial charge is 0.253 e. The molecular formula is C24H23ClN2O3. The molecule has 0 aliphatic carbocycles. The predicted molar refractivity (Wildman–Crippen MR) is 119 cm³/mol. The highest BCUT2D eigenvalue weighted by atomic mass is 35.5. The van der Waals surface area contributed by atoms with Crippen molar-refractivity contribution in [2.45, 2.75) is 19.4 Å². The number of nitrogens with one attached hydrogen (secondary N) is 2. The summed E-state index contributed by atoms with van der Waals surface area (Å²) in [5.74, 6) is -0.00656. The number of anilines is 1. The Bertz CT molecular complexity index is 1040. The number of carbonyl (C=O) groups excluding carboxylic acids is 2. The minimum atomic E-state index is -0.522. The van der Waals surface area contributed by atoms with Crippen molar-refractivity contribution in [3.63, 3.8) is 0 Å². The average molecular weight is 423 g/mol. The van der Waals surface area contributed by atoms with Gasteiger partial charge in [-0.05, 0) is 42.3 Å². The van der Waals surface area contributed by atoms with E-state index in [0.29, 0.717) is 22.0 Å². The summed E-state index contributed by atoms with van der Waals surface area (Å²) in [5.41, 5.74) is 2.77. The average Bonchev–Trinajstić information content (AvgIpc) is 2.74. The SMILES string of the molecule is COc1ccc(C)cc1NC(=O)C[C@@H](NC(=O)c1ccccc1Cl)c1ccccc1. The molecule has 0 unspecified atom stereocenters. The molecule has 30 heavy (non-hydrogen) atoms. The standard InChI is InChI=1S/C24H23ClN2O3/c1-16-12-13-22(30-2)21(14-16)26-23(28)15-20(17-8-4-3-5-9-17)27-24(29)18-10-6-7-11-19(18)25/h3-14,20H,15H2,1-2H3,(H,26,28)(H,27,29)/t20-/m1/s1. The highest BCUT2D eigenvalue weighted by molar-refractivity contribution is 6.33. The summed E-state index contributed by atoms with van der Waals surface area (Å²) in [7, 11) is 1.55. The number of hydrogen-bond acceptors (Lipinski definition) is 3. The van der Waals surface area contributed by atoms with Crippen molar-refractivity contribution in [2.24, 2.45) is 0 Å². The van der Waals surface area contributed by atoms with Gasteiger partial charge < -0.3 is 15.4 Å². The van der Waals surface area contributed by atoms with Gasteiger partial charge in [0, 0.05) is 0 Å². The Kier molecular flexibility index (Phi) is 7.09. The Morgan fingerprint density at radius 2 is 1.70 bits per heavy atom. The third kappa shape index (κ3) is 5.39. The van der Waals surface area contributed by atoms with Crippen LogP contribution >= 0.6 is 11.6 Å². The molecule has 2 amide bonds. The van der Waals surface area contributed by atoms with Crippen molar-refractivity contribution in [1.29, 1.82) is 0 Å². The Balaban J connectivity index is 1.80. The molecule has 0 saturated heterocycles. The lowest BCUT2D eigenvalue weighted by atomic mass is 10.0. The van der Waals surface area contributed by atoms with Crippen LogP contribution in [0.3, 0.4) is 0 Å². The molecule has 1 atom stereocenters. The molecule has 3 rings (SSSR count). The summed E-state index contributed by atoms with van der Waals surface area (Å²) < 4.78 is 5.33. The van der Waals surface area contributed by atoms with Crippen molar-refractivity contribution in [2.75, 3.05) is 12.4 Å². The van der Waals surface area contributed by atoms with Crippen molar-refractivity contribution in [3.8, 4) is 5.75 Å². The molecule has 0 aromatic heterocycles. The maximum Gasteiger partial charge on any atom is 0.253 e. The van der Waals surface area contributed by atoms with Crippen LogP contribution in [0.5, 0.6) is 5.75 Å². The maximum absolute atomic E-state index is 12.8. The fourth-order valence-corrected chi connectivity index (χ4v) is 3.35. The minimum absolute atomic E-state index is 0.0529. The largest absolute Gasteiger partial charge is 0.495 e. The first kappa shape index (κ1) is 21.4. The van der Waals surface area contributed by atoms with Gasteiger partial charge >= 0.3 is 0 Å². The molecule has 0 saturated carbocycles. The van der Waals surface area contributed by atoms with E-state index in [1.54, 1.807) is 37.4 Å². The van der Waals surface area contributed by atoms with Gasteiger partial charge in [0.25, 0.3) is 5.91 Å². The normalized spacial score (nSPS) is 11.4. The zero-order valence-corrected chi connectivity index (χ0v) is 17.6. The van der Waals surface area contributed by atoms with Crippen LogP contribution in [-0.2, 0) is 4.79 Å². The zero-order valence-electron chi connectivity index (χ0n) is 16.8. The number of benzene rings is 3. The third-order valence-electron chi connectivity index (χ3n) is 4.64. The van der Waals surface area contributed by atoms with Crippen molar-refractivity contribution >= 4 is 29.1 Å². The number of amides is 2. The molecule has 0 aliphatic heterocycles. The van der Waals surface area contributed by atoms with E-state index >= 15 is 0 Å². The van der Waals surface area contributed by atoms with E-state index in [2.05, 4.69) is 10.6 Å². The lowest BCUT2D eigenvalue weighted by molar-refractivity contribution is -0.116. The number of carbonyl (C=O) groups is 2. The van der Waals surface area contributed by atoms with Gasteiger partial charge in [-0.3, -0.25) is 9.59 Å². The highest BCUT2D eigenvalue weighted by Crippen LogP contribution is 2.26. The first-order valence-electron chi connectivity index (χ1n) is 9.52. The summed E-state index contributed by atoms with van der Waals surface area (Å²) in [4.78, 5) is 25.6. The van der Waals surface area contributed by atoms with Crippen molar-refractivity contribution < 1.29 is 14.3 Å². The summed E-state index contributed by atoms with van der Waals surface area (Å²) >= 11 is 6.16. The molecule has 5 nitrogen and oxygen atoms in total. The summed E-state index contributed by atoms with van der Waals surface area (Å²) in [5, 5.41) is 6.17. The molecule has 0 bridgehead atoms. The molecule has 6 heteroatoms. The van der Waals surface area contributed by atoms with Crippen LogP contribution in [0.2, 0.25) is 5.02 Å². The lowest BCUT2D eigenvalue weighted by Crippen LogP contribution is -2.31. The summed E-state index contributed by atoms with van der Waals surface area (Å²) in [6, 6.07) is 21.2. The quantitative estimate of drug-likeness (QED) is 0.552. The van der Waals surface area contributed by atoms with Gasteiger partial charge in [0.15, 0.2) is 0 Å². The lowest BCUT2D eigenvalue weighted by Gasteiger charge is -2.20. The number of rotatable bonds is 7. The van der Waals surface area contributed by atoms with Gasteiger partial charge in [0.1, 0.15) is 5.75 Å².